The van der Waals surface area contributed by atoms with E-state index in [2.05, 4.69) is 0 Å². The molecule has 0 fully saturated rings. The van der Waals surface area contributed by atoms with Gasteiger partial charge in [-0.15, -0.1) is 0 Å². The first kappa shape index (κ1) is 17.3. The van der Waals surface area contributed by atoms with Crippen LogP contribution < -0.4 is 9.47 Å². The van der Waals surface area contributed by atoms with Gasteiger partial charge >= 0.3 is 11.9 Å². The summed E-state index contributed by atoms with van der Waals surface area (Å²) < 4.78 is 10.8. The van der Waals surface area contributed by atoms with Gasteiger partial charge in [-0.25, -0.2) is 9.59 Å². The Bertz CT molecular complexity index is 723. The largest absolute Gasteiger partial charge is 0.478 e. The van der Waals surface area contributed by atoms with E-state index < -0.39 is 24.1 Å². The number of carboxylic acids is 2. The molecule has 0 saturated carbocycles. The lowest BCUT2D eigenvalue weighted by atomic mass is 10.1. The molecular formula is C18H18O6. The van der Waals surface area contributed by atoms with Gasteiger partial charge in [-0.05, 0) is 37.6 Å². The molecule has 0 aliphatic heterocycles. The summed E-state index contributed by atoms with van der Waals surface area (Å²) in [4.78, 5) is 23.1. The quantitative estimate of drug-likeness (QED) is 0.811. The molecule has 2 unspecified atom stereocenters. The third-order valence-electron chi connectivity index (χ3n) is 3.39. The van der Waals surface area contributed by atoms with Gasteiger partial charge in [-0.3, -0.25) is 0 Å². The average Bonchev–Trinajstić information content (AvgIpc) is 2.53. The zero-order valence-electron chi connectivity index (χ0n) is 13.3. The zero-order valence-corrected chi connectivity index (χ0v) is 13.3. The molecule has 0 saturated heterocycles. The number of aryl methyl sites for hydroxylation is 2. The summed E-state index contributed by atoms with van der Waals surface area (Å²) in [7, 11) is 0. The van der Waals surface area contributed by atoms with Crippen LogP contribution >= 0.6 is 0 Å². The molecule has 0 aliphatic carbocycles. The van der Waals surface area contributed by atoms with Crippen molar-refractivity contribution in [2.24, 2.45) is 0 Å². The van der Waals surface area contributed by atoms with Crippen LogP contribution in [-0.4, -0.2) is 34.4 Å². The fourth-order valence-corrected chi connectivity index (χ4v) is 2.07. The third-order valence-corrected chi connectivity index (χ3v) is 3.39. The third kappa shape index (κ3) is 4.25. The molecule has 0 aliphatic rings. The molecule has 2 atom stereocenters. The van der Waals surface area contributed by atoms with Crippen LogP contribution in [0.1, 0.15) is 11.1 Å². The Morgan fingerprint density at radius 3 is 1.92 bits per heavy atom. The number of carbonyl (C=O) groups is 2. The number of rotatable bonds is 7. The second kappa shape index (κ2) is 7.50. The first-order valence-electron chi connectivity index (χ1n) is 7.29. The maximum absolute atomic E-state index is 11.5. The van der Waals surface area contributed by atoms with Gasteiger partial charge in [0.05, 0.1) is 0 Å². The standard InChI is InChI=1S/C18H18O6/c1-11-7-9-13(10-8-11)23-15(17(19)20)16(18(21)22)24-14-6-4-3-5-12(14)2/h3-10,15-16H,1-2H3,(H,19,20)(H,21,22). The first-order valence-corrected chi connectivity index (χ1v) is 7.29. The lowest BCUT2D eigenvalue weighted by Crippen LogP contribution is -2.47. The van der Waals surface area contributed by atoms with E-state index in [1.165, 1.54) is 0 Å². The molecule has 24 heavy (non-hydrogen) atoms. The number of para-hydroxylation sites is 1. The van der Waals surface area contributed by atoms with Crippen LogP contribution in [0.2, 0.25) is 0 Å². The van der Waals surface area contributed by atoms with E-state index in [-0.39, 0.29) is 5.75 Å². The van der Waals surface area contributed by atoms with E-state index in [1.54, 1.807) is 55.5 Å². The number of hydrogen-bond acceptors (Lipinski definition) is 4. The molecule has 2 N–H and O–H groups in total. The monoisotopic (exact) mass is 330 g/mol. The van der Waals surface area contributed by atoms with Gasteiger partial charge in [-0.1, -0.05) is 35.9 Å². The molecule has 126 valence electrons. The minimum Gasteiger partial charge on any atom is -0.478 e. The van der Waals surface area contributed by atoms with Crippen LogP contribution in [0, 0.1) is 13.8 Å². The van der Waals surface area contributed by atoms with Crippen molar-refractivity contribution >= 4 is 11.9 Å². The summed E-state index contributed by atoms with van der Waals surface area (Å²) >= 11 is 0. The molecule has 0 aromatic heterocycles. The molecule has 6 nitrogen and oxygen atoms in total. The van der Waals surface area contributed by atoms with Gasteiger partial charge in [0.25, 0.3) is 0 Å². The molecular weight excluding hydrogens is 312 g/mol. The van der Waals surface area contributed by atoms with Crippen molar-refractivity contribution in [2.75, 3.05) is 0 Å². The van der Waals surface area contributed by atoms with Crippen molar-refractivity contribution in [1.82, 2.24) is 0 Å². The number of benzene rings is 2. The molecule has 0 heterocycles. The lowest BCUT2D eigenvalue weighted by Gasteiger charge is -2.23. The number of hydrogen-bond donors (Lipinski definition) is 2. The fraction of sp³-hybridized carbons (Fsp3) is 0.222. The SMILES string of the molecule is Cc1ccc(OC(C(=O)O)C(Oc2ccccc2C)C(=O)O)cc1. The van der Waals surface area contributed by atoms with Crippen molar-refractivity contribution in [3.8, 4) is 11.5 Å². The zero-order chi connectivity index (χ0) is 17.7. The van der Waals surface area contributed by atoms with E-state index in [1.807, 2.05) is 6.92 Å². The number of aliphatic carboxylic acids is 2. The van der Waals surface area contributed by atoms with Gasteiger partial charge in [0.2, 0.25) is 12.2 Å². The molecule has 2 aromatic rings. The van der Waals surface area contributed by atoms with Crippen LogP contribution in [-0.2, 0) is 9.59 Å². The summed E-state index contributed by atoms with van der Waals surface area (Å²) in [5, 5.41) is 18.8. The molecule has 0 amide bonds. The summed E-state index contributed by atoms with van der Waals surface area (Å²) in [6.45, 7) is 3.62. The molecule has 6 heteroatoms. The Balaban J connectivity index is 2.27. The second-order valence-corrected chi connectivity index (χ2v) is 5.33. The summed E-state index contributed by atoms with van der Waals surface area (Å²) in [5.41, 5.74) is 1.67. The Labute approximate surface area is 139 Å². The number of ether oxygens (including phenoxy) is 2. The molecule has 2 rings (SSSR count). The van der Waals surface area contributed by atoms with Crippen molar-refractivity contribution in [1.29, 1.82) is 0 Å². The highest BCUT2D eigenvalue weighted by atomic mass is 16.6. The Hall–Kier alpha value is -3.02. The van der Waals surface area contributed by atoms with E-state index in [9.17, 15) is 19.8 Å². The van der Waals surface area contributed by atoms with E-state index in [0.717, 1.165) is 5.56 Å². The highest BCUT2D eigenvalue weighted by molar-refractivity contribution is 5.84. The Morgan fingerprint density at radius 1 is 0.833 bits per heavy atom. The molecule has 0 radical (unpaired) electrons. The Kier molecular flexibility index (Phi) is 5.42. The maximum Gasteiger partial charge on any atom is 0.349 e. The van der Waals surface area contributed by atoms with E-state index in [0.29, 0.717) is 11.3 Å². The highest BCUT2D eigenvalue weighted by Crippen LogP contribution is 2.21. The summed E-state index contributed by atoms with van der Waals surface area (Å²) in [6.07, 6.45) is -3.38. The summed E-state index contributed by atoms with van der Waals surface area (Å²) in [6, 6.07) is 13.4. The van der Waals surface area contributed by atoms with Crippen molar-refractivity contribution in [3.05, 3.63) is 59.7 Å². The molecule has 0 bridgehead atoms. The van der Waals surface area contributed by atoms with Gasteiger partial charge in [0.1, 0.15) is 11.5 Å². The van der Waals surface area contributed by atoms with E-state index >= 15 is 0 Å². The number of carboxylic acid groups (broad SMARTS) is 2. The van der Waals surface area contributed by atoms with Crippen LogP contribution in [0.3, 0.4) is 0 Å². The minimum absolute atomic E-state index is 0.257. The maximum atomic E-state index is 11.5. The molecule has 2 aromatic carbocycles. The van der Waals surface area contributed by atoms with Gasteiger partial charge in [0.15, 0.2) is 0 Å². The first-order chi connectivity index (χ1) is 11.4. The van der Waals surface area contributed by atoms with Crippen LogP contribution in [0.5, 0.6) is 11.5 Å². The van der Waals surface area contributed by atoms with Gasteiger partial charge in [0, 0.05) is 0 Å². The molecule has 0 spiro atoms. The minimum atomic E-state index is -1.69. The van der Waals surface area contributed by atoms with Crippen molar-refractivity contribution < 1.29 is 29.3 Å². The highest BCUT2D eigenvalue weighted by Gasteiger charge is 2.38. The van der Waals surface area contributed by atoms with Gasteiger partial charge in [-0.2, -0.15) is 0 Å². The topological polar surface area (TPSA) is 93.1 Å². The normalized spacial score (nSPS) is 12.9. The predicted octanol–water partition coefficient (Wildman–Crippen LogP) is 2.67. The van der Waals surface area contributed by atoms with Crippen LogP contribution in [0.4, 0.5) is 0 Å². The van der Waals surface area contributed by atoms with Crippen molar-refractivity contribution in [2.45, 2.75) is 26.1 Å². The van der Waals surface area contributed by atoms with Crippen molar-refractivity contribution in [3.63, 3.8) is 0 Å². The van der Waals surface area contributed by atoms with E-state index in [4.69, 9.17) is 9.47 Å². The smallest absolute Gasteiger partial charge is 0.349 e. The summed E-state index contributed by atoms with van der Waals surface area (Å²) in [5.74, 6) is -2.29. The van der Waals surface area contributed by atoms with Crippen LogP contribution in [0.15, 0.2) is 48.5 Å². The lowest BCUT2D eigenvalue weighted by molar-refractivity contribution is -0.161. The Morgan fingerprint density at radius 2 is 1.38 bits per heavy atom. The average molecular weight is 330 g/mol. The van der Waals surface area contributed by atoms with Gasteiger partial charge < -0.3 is 19.7 Å². The second-order valence-electron chi connectivity index (χ2n) is 5.33. The predicted molar refractivity (Wildman–Crippen MR) is 86.5 cm³/mol. The van der Waals surface area contributed by atoms with Crippen LogP contribution in [0.25, 0.3) is 0 Å². The fourth-order valence-electron chi connectivity index (χ4n) is 2.07.